The Morgan fingerprint density at radius 2 is 1.89 bits per heavy atom. The third-order valence-corrected chi connectivity index (χ3v) is 5.54. The van der Waals surface area contributed by atoms with Crippen LogP contribution in [-0.4, -0.2) is 57.7 Å². The molecular weight excluding hydrogens is 380 g/mol. The lowest BCUT2D eigenvalue weighted by atomic mass is 10.1. The minimum Gasteiger partial charge on any atom is -0.396 e. The molecule has 0 aliphatic heterocycles. The standard InChI is InChI=1S/C20H26N2O5S/c1-27-14-11-21-28(25,26)19-10-5-9-18(15-19)20(24)22(12-6-13-23)16-17-7-3-2-4-8-17/h2-5,7-10,15,21,23H,6,11-14,16H2,1H3. The molecule has 0 heterocycles. The van der Waals surface area contributed by atoms with E-state index in [1.54, 1.807) is 17.0 Å². The summed E-state index contributed by atoms with van der Waals surface area (Å²) in [5.74, 6) is -0.286. The van der Waals surface area contributed by atoms with E-state index in [1.165, 1.54) is 19.2 Å². The fourth-order valence-corrected chi connectivity index (χ4v) is 3.72. The van der Waals surface area contributed by atoms with Crippen molar-refractivity contribution in [3.8, 4) is 0 Å². The Bertz CT molecular complexity index is 856. The first-order chi connectivity index (χ1) is 13.5. The van der Waals surface area contributed by atoms with Crippen molar-refractivity contribution < 1.29 is 23.1 Å². The van der Waals surface area contributed by atoms with E-state index in [1.807, 2.05) is 30.3 Å². The van der Waals surface area contributed by atoms with Crippen molar-refractivity contribution in [1.82, 2.24) is 9.62 Å². The number of carbonyl (C=O) groups excluding carboxylic acids is 1. The zero-order valence-electron chi connectivity index (χ0n) is 15.9. The van der Waals surface area contributed by atoms with Gasteiger partial charge in [-0.1, -0.05) is 36.4 Å². The first-order valence-electron chi connectivity index (χ1n) is 9.00. The molecule has 7 nitrogen and oxygen atoms in total. The minimum atomic E-state index is -3.73. The summed E-state index contributed by atoms with van der Waals surface area (Å²) >= 11 is 0. The quantitative estimate of drug-likeness (QED) is 0.553. The van der Waals surface area contributed by atoms with E-state index in [0.717, 1.165) is 5.56 Å². The van der Waals surface area contributed by atoms with E-state index in [-0.39, 0.29) is 36.1 Å². The van der Waals surface area contributed by atoms with Crippen molar-refractivity contribution >= 4 is 15.9 Å². The number of aliphatic hydroxyl groups excluding tert-OH is 1. The number of amides is 1. The van der Waals surface area contributed by atoms with Crippen LogP contribution in [0.25, 0.3) is 0 Å². The van der Waals surface area contributed by atoms with Gasteiger partial charge in [0, 0.05) is 38.9 Å². The molecule has 0 aliphatic carbocycles. The molecule has 0 aromatic heterocycles. The number of benzene rings is 2. The van der Waals surface area contributed by atoms with E-state index in [0.29, 0.717) is 19.5 Å². The van der Waals surface area contributed by atoms with Gasteiger partial charge in [-0.25, -0.2) is 13.1 Å². The molecular formula is C20H26N2O5S. The molecule has 1 amide bonds. The number of rotatable bonds is 11. The zero-order chi connectivity index (χ0) is 20.4. The molecule has 2 aromatic carbocycles. The summed E-state index contributed by atoms with van der Waals surface area (Å²) in [6, 6.07) is 15.5. The molecule has 2 aromatic rings. The lowest BCUT2D eigenvalue weighted by Gasteiger charge is -2.23. The van der Waals surface area contributed by atoms with Crippen LogP contribution in [0.5, 0.6) is 0 Å². The highest BCUT2D eigenvalue weighted by atomic mass is 32.2. The maximum atomic E-state index is 13.0. The van der Waals surface area contributed by atoms with Gasteiger partial charge < -0.3 is 14.7 Å². The van der Waals surface area contributed by atoms with Crippen LogP contribution >= 0.6 is 0 Å². The van der Waals surface area contributed by atoms with E-state index in [9.17, 15) is 13.2 Å². The maximum Gasteiger partial charge on any atom is 0.254 e. The number of nitrogens with zero attached hydrogens (tertiary/aromatic N) is 1. The van der Waals surface area contributed by atoms with E-state index < -0.39 is 10.0 Å². The van der Waals surface area contributed by atoms with Gasteiger partial charge in [0.1, 0.15) is 0 Å². The second-order valence-electron chi connectivity index (χ2n) is 6.21. The Balaban J connectivity index is 2.21. The Morgan fingerprint density at radius 1 is 1.14 bits per heavy atom. The Hall–Kier alpha value is -2.26. The van der Waals surface area contributed by atoms with Crippen LogP contribution in [0.1, 0.15) is 22.3 Å². The zero-order valence-corrected chi connectivity index (χ0v) is 16.7. The summed E-state index contributed by atoms with van der Waals surface area (Å²) in [4.78, 5) is 14.6. The molecule has 0 bridgehead atoms. The van der Waals surface area contributed by atoms with E-state index in [2.05, 4.69) is 4.72 Å². The second-order valence-corrected chi connectivity index (χ2v) is 7.97. The van der Waals surface area contributed by atoms with E-state index >= 15 is 0 Å². The van der Waals surface area contributed by atoms with Crippen molar-refractivity contribution in [2.45, 2.75) is 17.9 Å². The molecule has 0 aliphatic rings. The van der Waals surface area contributed by atoms with Gasteiger partial charge in [0.05, 0.1) is 11.5 Å². The Labute approximate surface area is 166 Å². The molecule has 0 radical (unpaired) electrons. The monoisotopic (exact) mass is 406 g/mol. The highest BCUT2D eigenvalue weighted by Gasteiger charge is 2.19. The lowest BCUT2D eigenvalue weighted by molar-refractivity contribution is 0.0731. The molecule has 152 valence electrons. The largest absolute Gasteiger partial charge is 0.396 e. The van der Waals surface area contributed by atoms with Gasteiger partial charge in [0.15, 0.2) is 0 Å². The van der Waals surface area contributed by atoms with Crippen molar-refractivity contribution in [3.63, 3.8) is 0 Å². The topological polar surface area (TPSA) is 95.9 Å². The van der Waals surface area contributed by atoms with Crippen LogP contribution < -0.4 is 4.72 Å². The average Bonchev–Trinajstić information content (AvgIpc) is 2.71. The number of sulfonamides is 1. The normalized spacial score (nSPS) is 11.4. The molecule has 0 unspecified atom stereocenters. The SMILES string of the molecule is COCCNS(=O)(=O)c1cccc(C(=O)N(CCCO)Cc2ccccc2)c1. The number of carbonyl (C=O) groups is 1. The lowest BCUT2D eigenvalue weighted by Crippen LogP contribution is -2.32. The van der Waals surface area contributed by atoms with Crippen molar-refractivity contribution in [1.29, 1.82) is 0 Å². The summed E-state index contributed by atoms with van der Waals surface area (Å²) in [6.45, 7) is 1.12. The van der Waals surface area contributed by atoms with Crippen molar-refractivity contribution in [2.75, 3.05) is 33.4 Å². The predicted octanol–water partition coefficient (Wildman–Crippen LogP) is 1.64. The molecule has 0 saturated heterocycles. The van der Waals surface area contributed by atoms with Crippen LogP contribution in [0.3, 0.4) is 0 Å². The van der Waals surface area contributed by atoms with Crippen LogP contribution in [-0.2, 0) is 21.3 Å². The summed E-state index contributed by atoms with van der Waals surface area (Å²) < 4.78 is 32.1. The van der Waals surface area contributed by atoms with Gasteiger partial charge in [0.2, 0.25) is 10.0 Å². The highest BCUT2D eigenvalue weighted by Crippen LogP contribution is 2.15. The third kappa shape index (κ3) is 6.42. The number of nitrogens with one attached hydrogen (secondary N) is 1. The first kappa shape index (κ1) is 22.0. The Kier molecular flexibility index (Phi) is 8.59. The van der Waals surface area contributed by atoms with E-state index in [4.69, 9.17) is 9.84 Å². The number of methoxy groups -OCH3 is 1. The fraction of sp³-hybridized carbons (Fsp3) is 0.350. The smallest absolute Gasteiger partial charge is 0.254 e. The van der Waals surface area contributed by atoms with Crippen molar-refractivity contribution in [2.24, 2.45) is 0 Å². The van der Waals surface area contributed by atoms with Gasteiger partial charge in [-0.05, 0) is 30.2 Å². The van der Waals surface area contributed by atoms with Gasteiger partial charge in [-0.15, -0.1) is 0 Å². The number of hydrogen-bond acceptors (Lipinski definition) is 5. The predicted molar refractivity (Wildman–Crippen MR) is 106 cm³/mol. The highest BCUT2D eigenvalue weighted by molar-refractivity contribution is 7.89. The summed E-state index contributed by atoms with van der Waals surface area (Å²) in [5, 5.41) is 9.15. The first-order valence-corrected chi connectivity index (χ1v) is 10.5. The Morgan fingerprint density at radius 3 is 2.57 bits per heavy atom. The number of ether oxygens (including phenoxy) is 1. The van der Waals surface area contributed by atoms with Gasteiger partial charge >= 0.3 is 0 Å². The maximum absolute atomic E-state index is 13.0. The molecule has 0 saturated carbocycles. The van der Waals surface area contributed by atoms with Crippen LogP contribution in [0, 0.1) is 0 Å². The second kappa shape index (κ2) is 10.9. The molecule has 2 N–H and O–H groups in total. The van der Waals surface area contributed by atoms with Crippen molar-refractivity contribution in [3.05, 3.63) is 65.7 Å². The minimum absolute atomic E-state index is 0.0243. The van der Waals surface area contributed by atoms with Crippen LogP contribution in [0.4, 0.5) is 0 Å². The molecule has 28 heavy (non-hydrogen) atoms. The molecule has 0 spiro atoms. The van der Waals surface area contributed by atoms with Gasteiger partial charge in [-0.2, -0.15) is 0 Å². The van der Waals surface area contributed by atoms with Crippen LogP contribution in [0.15, 0.2) is 59.5 Å². The fourth-order valence-electron chi connectivity index (χ4n) is 2.66. The molecule has 0 fully saturated rings. The molecule has 2 rings (SSSR count). The third-order valence-electron chi connectivity index (χ3n) is 4.08. The van der Waals surface area contributed by atoms with Gasteiger partial charge in [-0.3, -0.25) is 4.79 Å². The number of aliphatic hydroxyl groups is 1. The summed E-state index contributed by atoms with van der Waals surface area (Å²) in [7, 11) is -2.24. The number of hydrogen-bond donors (Lipinski definition) is 2. The molecule has 0 atom stereocenters. The van der Waals surface area contributed by atoms with Gasteiger partial charge in [0.25, 0.3) is 5.91 Å². The summed E-state index contributed by atoms with van der Waals surface area (Å²) in [5.41, 5.74) is 1.24. The average molecular weight is 407 g/mol. The van der Waals surface area contributed by atoms with Crippen LogP contribution in [0.2, 0.25) is 0 Å². The molecule has 8 heteroatoms. The summed E-state index contributed by atoms with van der Waals surface area (Å²) in [6.07, 6.45) is 0.440.